The number of halogens is 1. The Bertz CT molecular complexity index is 484. The molecule has 98 valence electrons. The maximum absolute atomic E-state index is 10.8. The van der Waals surface area contributed by atoms with Gasteiger partial charge in [0.05, 0.1) is 4.92 Å². The molecule has 0 bridgehead atoms. The molecule has 0 amide bonds. The molecular weight excluding hydrogens is 252 g/mol. The average Bonchev–Trinajstić information content (AvgIpc) is 2.27. The first kappa shape index (κ1) is 13.1. The lowest BCUT2D eigenvalue weighted by Crippen LogP contribution is -2.33. The molecule has 0 spiro atoms. The third-order valence-corrected chi connectivity index (χ3v) is 4.06. The van der Waals surface area contributed by atoms with Gasteiger partial charge in [0.25, 0.3) is 5.69 Å². The Hall–Kier alpha value is -1.29. The molecular formula is C13H17ClN2O2. The van der Waals surface area contributed by atoms with Gasteiger partial charge in [-0.3, -0.25) is 10.1 Å². The van der Waals surface area contributed by atoms with Crippen molar-refractivity contribution in [1.82, 2.24) is 0 Å². The summed E-state index contributed by atoms with van der Waals surface area (Å²) >= 11 is 5.91. The van der Waals surface area contributed by atoms with Gasteiger partial charge in [0.2, 0.25) is 0 Å². The lowest BCUT2D eigenvalue weighted by molar-refractivity contribution is -0.384. The average molecular weight is 269 g/mol. The van der Waals surface area contributed by atoms with E-state index in [1.165, 1.54) is 25.3 Å². The van der Waals surface area contributed by atoms with E-state index in [1.54, 1.807) is 6.07 Å². The molecule has 5 heteroatoms. The predicted octanol–water partition coefficient (Wildman–Crippen LogP) is 4.16. The van der Waals surface area contributed by atoms with Gasteiger partial charge in [0.1, 0.15) is 5.02 Å². The zero-order valence-corrected chi connectivity index (χ0v) is 11.4. The molecule has 0 radical (unpaired) electrons. The van der Waals surface area contributed by atoms with Crippen LogP contribution < -0.4 is 5.32 Å². The van der Waals surface area contributed by atoms with E-state index >= 15 is 0 Å². The molecule has 4 nitrogen and oxygen atoms in total. The number of aryl methyl sites for hydroxylation is 1. The number of hydrogen-bond acceptors (Lipinski definition) is 3. The van der Waals surface area contributed by atoms with Crippen LogP contribution in [0.25, 0.3) is 0 Å². The summed E-state index contributed by atoms with van der Waals surface area (Å²) in [6.45, 7) is 5.00. The van der Waals surface area contributed by atoms with Crippen LogP contribution in [0.3, 0.4) is 0 Å². The molecule has 0 atom stereocenters. The first-order chi connectivity index (χ1) is 8.41. The first-order valence-corrected chi connectivity index (χ1v) is 6.47. The van der Waals surface area contributed by atoms with E-state index in [0.29, 0.717) is 5.41 Å². The van der Waals surface area contributed by atoms with Crippen molar-refractivity contribution in [3.8, 4) is 0 Å². The van der Waals surface area contributed by atoms with Crippen molar-refractivity contribution in [1.29, 1.82) is 0 Å². The molecule has 1 saturated carbocycles. The van der Waals surface area contributed by atoms with Crippen molar-refractivity contribution in [3.63, 3.8) is 0 Å². The number of benzene rings is 1. The Balaban J connectivity index is 2.13. The highest BCUT2D eigenvalue weighted by molar-refractivity contribution is 6.33. The summed E-state index contributed by atoms with van der Waals surface area (Å²) in [4.78, 5) is 10.3. The number of nitro benzene ring substituents is 1. The molecule has 2 rings (SSSR count). The molecule has 0 saturated heterocycles. The van der Waals surface area contributed by atoms with E-state index in [-0.39, 0.29) is 10.7 Å². The summed E-state index contributed by atoms with van der Waals surface area (Å²) in [7, 11) is 0. The Kier molecular flexibility index (Phi) is 3.48. The molecule has 0 aliphatic heterocycles. The maximum atomic E-state index is 10.8. The second kappa shape index (κ2) is 4.76. The predicted molar refractivity (Wildman–Crippen MR) is 73.3 cm³/mol. The fraction of sp³-hybridized carbons (Fsp3) is 0.538. The van der Waals surface area contributed by atoms with Crippen LogP contribution in [0.1, 0.15) is 31.7 Å². The van der Waals surface area contributed by atoms with Crippen molar-refractivity contribution in [2.24, 2.45) is 5.41 Å². The zero-order chi connectivity index (χ0) is 13.3. The fourth-order valence-corrected chi connectivity index (χ4v) is 2.50. The molecule has 0 unspecified atom stereocenters. The van der Waals surface area contributed by atoms with Crippen LogP contribution in [0.2, 0.25) is 5.02 Å². The SMILES string of the molecule is Cc1cc([N+](=O)[O-])c(Cl)cc1NCC1(C)CCC1. The van der Waals surface area contributed by atoms with Crippen LogP contribution in [0, 0.1) is 22.5 Å². The van der Waals surface area contributed by atoms with Crippen molar-refractivity contribution >= 4 is 23.0 Å². The third-order valence-electron chi connectivity index (χ3n) is 3.76. The van der Waals surface area contributed by atoms with Gasteiger partial charge >= 0.3 is 0 Å². The van der Waals surface area contributed by atoms with E-state index in [4.69, 9.17) is 11.6 Å². The monoisotopic (exact) mass is 268 g/mol. The van der Waals surface area contributed by atoms with Crippen LogP contribution in [0.5, 0.6) is 0 Å². The molecule has 1 aromatic carbocycles. The van der Waals surface area contributed by atoms with Gasteiger partial charge in [-0.25, -0.2) is 0 Å². The summed E-state index contributed by atoms with van der Waals surface area (Å²) in [5.41, 5.74) is 2.07. The first-order valence-electron chi connectivity index (χ1n) is 6.10. The van der Waals surface area contributed by atoms with Gasteiger partial charge in [-0.2, -0.15) is 0 Å². The number of rotatable bonds is 4. The normalized spacial score (nSPS) is 17.1. The molecule has 1 aromatic rings. The molecule has 0 aromatic heterocycles. The minimum absolute atomic E-state index is 0.0328. The van der Waals surface area contributed by atoms with Gasteiger partial charge in [-0.1, -0.05) is 24.9 Å². The molecule has 1 aliphatic rings. The van der Waals surface area contributed by atoms with Gasteiger partial charge in [0, 0.05) is 18.3 Å². The van der Waals surface area contributed by atoms with Crippen molar-refractivity contribution < 1.29 is 4.92 Å². The van der Waals surface area contributed by atoms with E-state index in [9.17, 15) is 10.1 Å². The quantitative estimate of drug-likeness (QED) is 0.659. The maximum Gasteiger partial charge on any atom is 0.288 e. The fourth-order valence-electron chi connectivity index (χ4n) is 2.26. The lowest BCUT2D eigenvalue weighted by atomic mass is 9.70. The van der Waals surface area contributed by atoms with Crippen LogP contribution in [0.4, 0.5) is 11.4 Å². The molecule has 0 heterocycles. The highest BCUT2D eigenvalue weighted by Crippen LogP contribution is 2.40. The Morgan fingerprint density at radius 1 is 1.50 bits per heavy atom. The molecule has 1 aliphatic carbocycles. The van der Waals surface area contributed by atoms with Crippen molar-refractivity contribution in [3.05, 3.63) is 32.8 Å². The summed E-state index contributed by atoms with van der Waals surface area (Å²) in [6.07, 6.45) is 3.76. The second-order valence-electron chi connectivity index (χ2n) is 5.39. The summed E-state index contributed by atoms with van der Waals surface area (Å²) < 4.78 is 0. The Morgan fingerprint density at radius 3 is 2.67 bits per heavy atom. The van der Waals surface area contributed by atoms with Crippen LogP contribution in [0.15, 0.2) is 12.1 Å². The van der Waals surface area contributed by atoms with Gasteiger partial charge in [0.15, 0.2) is 0 Å². The van der Waals surface area contributed by atoms with Crippen LogP contribution in [-0.4, -0.2) is 11.5 Å². The van der Waals surface area contributed by atoms with Gasteiger partial charge < -0.3 is 5.32 Å². The topological polar surface area (TPSA) is 55.2 Å². The Morgan fingerprint density at radius 2 is 2.17 bits per heavy atom. The Labute approximate surface area is 111 Å². The minimum Gasteiger partial charge on any atom is -0.384 e. The third kappa shape index (κ3) is 2.58. The summed E-state index contributed by atoms with van der Waals surface area (Å²) in [6, 6.07) is 3.17. The highest BCUT2D eigenvalue weighted by Gasteiger charge is 2.31. The molecule has 1 N–H and O–H groups in total. The van der Waals surface area contributed by atoms with E-state index < -0.39 is 4.92 Å². The lowest BCUT2D eigenvalue weighted by Gasteiger charge is -2.38. The van der Waals surface area contributed by atoms with Gasteiger partial charge in [-0.15, -0.1) is 0 Å². The second-order valence-corrected chi connectivity index (χ2v) is 5.80. The van der Waals surface area contributed by atoms with Crippen molar-refractivity contribution in [2.45, 2.75) is 33.1 Å². The highest BCUT2D eigenvalue weighted by atomic mass is 35.5. The number of nitro groups is 1. The van der Waals surface area contributed by atoms with E-state index in [2.05, 4.69) is 12.2 Å². The number of nitrogens with one attached hydrogen (secondary N) is 1. The van der Waals surface area contributed by atoms with Crippen molar-refractivity contribution in [2.75, 3.05) is 11.9 Å². The van der Waals surface area contributed by atoms with E-state index in [1.807, 2.05) is 6.92 Å². The molecule has 18 heavy (non-hydrogen) atoms. The minimum atomic E-state index is -0.452. The largest absolute Gasteiger partial charge is 0.384 e. The number of nitrogens with zero attached hydrogens (tertiary/aromatic N) is 1. The smallest absolute Gasteiger partial charge is 0.288 e. The van der Waals surface area contributed by atoms with Crippen LogP contribution >= 0.6 is 11.6 Å². The summed E-state index contributed by atoms with van der Waals surface area (Å²) in [5.74, 6) is 0. The molecule has 1 fully saturated rings. The summed E-state index contributed by atoms with van der Waals surface area (Å²) in [5, 5.41) is 14.3. The number of anilines is 1. The standard InChI is InChI=1S/C13H17ClN2O2/c1-9-6-12(16(17)18)10(14)7-11(9)15-8-13(2)4-3-5-13/h6-7,15H,3-5,8H2,1-2H3. The van der Waals surface area contributed by atoms with E-state index in [0.717, 1.165) is 17.8 Å². The van der Waals surface area contributed by atoms with Gasteiger partial charge in [-0.05, 0) is 36.8 Å². The van der Waals surface area contributed by atoms with Crippen LogP contribution in [-0.2, 0) is 0 Å². The zero-order valence-electron chi connectivity index (χ0n) is 10.6. The number of hydrogen-bond donors (Lipinski definition) is 1.